The third kappa shape index (κ3) is 3.65. The van der Waals surface area contributed by atoms with Crippen LogP contribution in [0.2, 0.25) is 0 Å². The normalized spacial score (nSPS) is 25.6. The molecule has 0 aromatic heterocycles. The molecule has 1 N–H and O–H groups in total. The lowest BCUT2D eigenvalue weighted by Crippen LogP contribution is -2.41. The number of ketones is 1. The molecule has 2 atom stereocenters. The zero-order chi connectivity index (χ0) is 19.7. The second-order valence-electron chi connectivity index (χ2n) is 8.36. The summed E-state index contributed by atoms with van der Waals surface area (Å²) in [7, 11) is 0. The van der Waals surface area contributed by atoms with E-state index >= 15 is 0 Å². The summed E-state index contributed by atoms with van der Waals surface area (Å²) in [6.45, 7) is 3.97. The Hall–Kier alpha value is -2.36. The van der Waals surface area contributed by atoms with Crippen molar-refractivity contribution in [3.05, 3.63) is 58.4 Å². The van der Waals surface area contributed by atoms with Crippen molar-refractivity contribution < 1.29 is 14.3 Å². The molecule has 28 heavy (non-hydrogen) atoms. The van der Waals surface area contributed by atoms with Crippen LogP contribution in [0.4, 0.5) is 0 Å². The van der Waals surface area contributed by atoms with Crippen molar-refractivity contribution in [1.29, 1.82) is 0 Å². The van der Waals surface area contributed by atoms with Crippen molar-refractivity contribution in [2.45, 2.75) is 70.8 Å². The number of benzene rings is 1. The SMILES string of the molecule is CC1=C(C(=O)OC2CCCCC2)C(c2ccc(C)cc2)C2C(=O)CCC=C2N1. The van der Waals surface area contributed by atoms with Gasteiger partial charge in [-0.15, -0.1) is 0 Å². The molecule has 1 saturated carbocycles. The Balaban J connectivity index is 1.73. The molecule has 1 aromatic carbocycles. The maximum atomic E-state index is 13.3. The number of carbonyl (C=O) groups is 2. The van der Waals surface area contributed by atoms with Crippen molar-refractivity contribution in [3.63, 3.8) is 0 Å². The minimum atomic E-state index is -0.325. The quantitative estimate of drug-likeness (QED) is 0.774. The van der Waals surface area contributed by atoms with Crippen LogP contribution in [-0.2, 0) is 14.3 Å². The van der Waals surface area contributed by atoms with Crippen LogP contribution in [0.25, 0.3) is 0 Å². The average molecular weight is 380 g/mol. The summed E-state index contributed by atoms with van der Waals surface area (Å²) in [5.74, 6) is -0.669. The molecule has 0 amide bonds. The van der Waals surface area contributed by atoms with Crippen molar-refractivity contribution in [2.24, 2.45) is 5.92 Å². The van der Waals surface area contributed by atoms with Gasteiger partial charge in [0.1, 0.15) is 11.9 Å². The van der Waals surface area contributed by atoms with Crippen LogP contribution >= 0.6 is 0 Å². The van der Waals surface area contributed by atoms with E-state index in [1.165, 1.54) is 6.42 Å². The molecule has 0 spiro atoms. The van der Waals surface area contributed by atoms with Crippen LogP contribution in [-0.4, -0.2) is 17.9 Å². The van der Waals surface area contributed by atoms with Gasteiger partial charge in [-0.25, -0.2) is 4.79 Å². The lowest BCUT2D eigenvalue weighted by Gasteiger charge is -2.38. The Morgan fingerprint density at radius 2 is 1.75 bits per heavy atom. The number of aryl methyl sites for hydroxylation is 1. The minimum absolute atomic E-state index is 0.000728. The Bertz CT molecular complexity index is 828. The molecule has 0 saturated heterocycles. The minimum Gasteiger partial charge on any atom is -0.459 e. The highest BCUT2D eigenvalue weighted by molar-refractivity contribution is 5.96. The van der Waals surface area contributed by atoms with Gasteiger partial charge in [0.25, 0.3) is 0 Å². The van der Waals surface area contributed by atoms with Crippen LogP contribution < -0.4 is 5.32 Å². The van der Waals surface area contributed by atoms with Crippen molar-refractivity contribution in [2.75, 3.05) is 0 Å². The van der Waals surface area contributed by atoms with Gasteiger partial charge in [0.2, 0.25) is 0 Å². The van der Waals surface area contributed by atoms with E-state index in [4.69, 9.17) is 4.74 Å². The molecule has 3 aliphatic rings. The summed E-state index contributed by atoms with van der Waals surface area (Å²) in [6, 6.07) is 8.19. The Morgan fingerprint density at radius 3 is 2.46 bits per heavy atom. The van der Waals surface area contributed by atoms with Crippen LogP contribution in [0.5, 0.6) is 0 Å². The van der Waals surface area contributed by atoms with Gasteiger partial charge in [-0.2, -0.15) is 0 Å². The molecule has 1 aliphatic heterocycles. The van der Waals surface area contributed by atoms with Gasteiger partial charge in [0.15, 0.2) is 0 Å². The summed E-state index contributed by atoms with van der Waals surface area (Å²) in [4.78, 5) is 26.1. The summed E-state index contributed by atoms with van der Waals surface area (Å²) >= 11 is 0. The summed E-state index contributed by atoms with van der Waals surface area (Å²) < 4.78 is 5.92. The Kier molecular flexibility index (Phi) is 5.38. The van der Waals surface area contributed by atoms with Crippen molar-refractivity contribution in [1.82, 2.24) is 5.32 Å². The number of hydrogen-bond donors (Lipinski definition) is 1. The first-order chi connectivity index (χ1) is 13.5. The predicted octanol–water partition coefficient (Wildman–Crippen LogP) is 4.69. The van der Waals surface area contributed by atoms with Gasteiger partial charge in [-0.05, 0) is 51.5 Å². The number of rotatable bonds is 3. The third-order valence-electron chi connectivity index (χ3n) is 6.30. The lowest BCUT2D eigenvalue weighted by molar-refractivity contribution is -0.146. The standard InChI is InChI=1S/C24H29NO3/c1-15-11-13-17(14-12-15)22-21(24(27)28-18-7-4-3-5-8-18)16(2)25-19-9-6-10-20(26)23(19)22/h9,11-14,18,22-23,25H,3-8,10H2,1-2H3. The average Bonchev–Trinajstić information content (AvgIpc) is 2.68. The molecule has 1 heterocycles. The first kappa shape index (κ1) is 19.0. The van der Waals surface area contributed by atoms with Crippen molar-refractivity contribution in [3.8, 4) is 0 Å². The van der Waals surface area contributed by atoms with E-state index in [2.05, 4.69) is 11.4 Å². The number of esters is 1. The molecule has 1 aromatic rings. The maximum Gasteiger partial charge on any atom is 0.336 e. The van der Waals surface area contributed by atoms with Crippen LogP contribution in [0, 0.1) is 12.8 Å². The topological polar surface area (TPSA) is 55.4 Å². The van der Waals surface area contributed by atoms with Crippen LogP contribution in [0.1, 0.15) is 68.9 Å². The maximum absolute atomic E-state index is 13.3. The van der Waals surface area contributed by atoms with Crippen LogP contribution in [0.3, 0.4) is 0 Å². The number of ether oxygens (including phenoxy) is 1. The highest BCUT2D eigenvalue weighted by Gasteiger charge is 2.43. The van der Waals surface area contributed by atoms with E-state index in [1.54, 1.807) is 0 Å². The molecule has 0 bridgehead atoms. The highest BCUT2D eigenvalue weighted by Crippen LogP contribution is 2.44. The molecule has 4 rings (SSSR count). The fourth-order valence-corrected chi connectivity index (χ4v) is 4.81. The lowest BCUT2D eigenvalue weighted by atomic mass is 9.71. The fourth-order valence-electron chi connectivity index (χ4n) is 4.81. The summed E-state index contributed by atoms with van der Waals surface area (Å²) in [5.41, 5.74) is 4.53. The van der Waals surface area contributed by atoms with Gasteiger partial charge >= 0.3 is 5.97 Å². The fraction of sp³-hybridized carbons (Fsp3) is 0.500. The molecule has 148 valence electrons. The second kappa shape index (κ2) is 7.94. The number of carbonyl (C=O) groups excluding carboxylic acids is 2. The summed E-state index contributed by atoms with van der Waals surface area (Å²) in [6.07, 6.45) is 8.72. The number of Topliss-reactive ketones (excluding diaryl/α,β-unsaturated/α-hetero) is 1. The van der Waals surface area contributed by atoms with E-state index in [0.717, 1.165) is 54.6 Å². The van der Waals surface area contributed by atoms with E-state index < -0.39 is 0 Å². The van der Waals surface area contributed by atoms with E-state index in [9.17, 15) is 9.59 Å². The number of nitrogens with one attached hydrogen (secondary N) is 1. The number of hydrogen-bond acceptors (Lipinski definition) is 4. The molecule has 2 aliphatic carbocycles. The molecule has 0 radical (unpaired) electrons. The first-order valence-electron chi connectivity index (χ1n) is 10.5. The number of fused-ring (bicyclic) bond motifs is 1. The van der Waals surface area contributed by atoms with Gasteiger partial charge in [0, 0.05) is 23.7 Å². The zero-order valence-electron chi connectivity index (χ0n) is 16.8. The molecular weight excluding hydrogens is 350 g/mol. The number of allylic oxidation sites excluding steroid dienone is 3. The monoisotopic (exact) mass is 379 g/mol. The van der Waals surface area contributed by atoms with Gasteiger partial charge in [0.05, 0.1) is 11.5 Å². The zero-order valence-corrected chi connectivity index (χ0v) is 16.8. The Labute approximate surface area is 167 Å². The van der Waals surface area contributed by atoms with E-state index in [-0.39, 0.29) is 29.7 Å². The third-order valence-corrected chi connectivity index (χ3v) is 6.30. The van der Waals surface area contributed by atoms with Gasteiger partial charge in [-0.1, -0.05) is 42.3 Å². The first-order valence-corrected chi connectivity index (χ1v) is 10.5. The molecule has 2 unspecified atom stereocenters. The van der Waals surface area contributed by atoms with E-state index in [0.29, 0.717) is 12.0 Å². The summed E-state index contributed by atoms with van der Waals surface area (Å²) in [5, 5.41) is 3.35. The Morgan fingerprint density at radius 1 is 1.04 bits per heavy atom. The smallest absolute Gasteiger partial charge is 0.336 e. The predicted molar refractivity (Wildman–Crippen MR) is 109 cm³/mol. The largest absolute Gasteiger partial charge is 0.459 e. The molecule has 1 fully saturated rings. The van der Waals surface area contributed by atoms with Gasteiger partial charge < -0.3 is 10.1 Å². The molecule has 4 heteroatoms. The van der Waals surface area contributed by atoms with Crippen LogP contribution in [0.15, 0.2) is 47.3 Å². The van der Waals surface area contributed by atoms with Gasteiger partial charge in [-0.3, -0.25) is 4.79 Å². The van der Waals surface area contributed by atoms with Crippen molar-refractivity contribution >= 4 is 11.8 Å². The highest BCUT2D eigenvalue weighted by atomic mass is 16.5. The second-order valence-corrected chi connectivity index (χ2v) is 8.36. The molecular formula is C24H29NO3. The van der Waals surface area contributed by atoms with E-state index in [1.807, 2.05) is 38.1 Å². The molecule has 4 nitrogen and oxygen atoms in total.